The van der Waals surface area contributed by atoms with Gasteiger partial charge in [0.25, 0.3) is 5.91 Å². The second-order valence-electron chi connectivity index (χ2n) is 10.8. The molecule has 0 atom stereocenters. The maximum Gasteiger partial charge on any atom is 0.336 e. The van der Waals surface area contributed by atoms with Gasteiger partial charge >= 0.3 is 5.97 Å². The molecule has 2 N–H and O–H groups in total. The number of likely N-dealkylation sites (tertiary alicyclic amines) is 1. The molecule has 1 saturated heterocycles. The van der Waals surface area contributed by atoms with Crippen LogP contribution in [0.15, 0.2) is 48.8 Å². The number of nitrogens with zero attached hydrogens (tertiary/aromatic N) is 4. The Morgan fingerprint density at radius 2 is 1.87 bits per heavy atom. The summed E-state index contributed by atoms with van der Waals surface area (Å²) in [5.74, 6) is -0.989. The molecule has 1 amide bonds. The highest BCUT2D eigenvalue weighted by atomic mass is 16.4. The van der Waals surface area contributed by atoms with E-state index >= 15 is 0 Å². The van der Waals surface area contributed by atoms with Gasteiger partial charge in [0.05, 0.1) is 17.5 Å². The van der Waals surface area contributed by atoms with Crippen LogP contribution in [0.25, 0.3) is 22.2 Å². The zero-order valence-corrected chi connectivity index (χ0v) is 21.4. The summed E-state index contributed by atoms with van der Waals surface area (Å²) in [5.41, 5.74) is 3.98. The highest BCUT2D eigenvalue weighted by Crippen LogP contribution is 2.44. The second kappa shape index (κ2) is 8.93. The topological polar surface area (TPSA) is 121 Å². The maximum atomic E-state index is 13.5. The van der Waals surface area contributed by atoms with Crippen molar-refractivity contribution >= 4 is 28.6 Å². The molecule has 9 nitrogen and oxygen atoms in total. The quantitative estimate of drug-likeness (QED) is 0.408. The molecular formula is C29H29N5O4. The third kappa shape index (κ3) is 3.89. The predicted octanol–water partition coefficient (Wildman–Crippen LogP) is 4.76. The van der Waals surface area contributed by atoms with Crippen LogP contribution in [0, 0.1) is 5.41 Å². The van der Waals surface area contributed by atoms with Crippen molar-refractivity contribution in [3.05, 3.63) is 71.3 Å². The van der Waals surface area contributed by atoms with Crippen LogP contribution >= 0.6 is 0 Å². The molecular weight excluding hydrogens is 482 g/mol. The van der Waals surface area contributed by atoms with Crippen LogP contribution in [0.3, 0.4) is 0 Å². The Bertz CT molecular complexity index is 1590. The minimum absolute atomic E-state index is 0.107. The van der Waals surface area contributed by atoms with Gasteiger partial charge in [0, 0.05) is 53.8 Å². The molecule has 0 saturated carbocycles. The summed E-state index contributed by atoms with van der Waals surface area (Å²) in [6.45, 7) is 5.20. The number of carbonyl (C=O) groups excluding carboxylic acids is 2. The largest absolute Gasteiger partial charge is 0.478 e. The first kappa shape index (κ1) is 24.1. The third-order valence-corrected chi connectivity index (χ3v) is 8.03. The average molecular weight is 512 g/mol. The normalized spacial score (nSPS) is 16.8. The summed E-state index contributed by atoms with van der Waals surface area (Å²) in [5, 5.41) is 14.8. The van der Waals surface area contributed by atoms with Gasteiger partial charge in [-0.05, 0) is 56.7 Å². The molecule has 38 heavy (non-hydrogen) atoms. The first-order valence-electron chi connectivity index (χ1n) is 13.0. The summed E-state index contributed by atoms with van der Waals surface area (Å²) in [4.78, 5) is 47.9. The lowest BCUT2D eigenvalue weighted by molar-refractivity contribution is 0.0513. The molecule has 1 aliphatic carbocycles. The smallest absolute Gasteiger partial charge is 0.336 e. The number of fused-ring (bicyclic) bond motifs is 2. The van der Waals surface area contributed by atoms with Crippen LogP contribution in [0.5, 0.6) is 0 Å². The highest BCUT2D eigenvalue weighted by Gasteiger charge is 2.43. The van der Waals surface area contributed by atoms with E-state index in [4.69, 9.17) is 0 Å². The molecule has 3 aromatic heterocycles. The fraction of sp³-hybridized carbons (Fsp3) is 0.345. The number of pyridine rings is 1. The number of carboxylic acids is 1. The minimum Gasteiger partial charge on any atom is -0.478 e. The van der Waals surface area contributed by atoms with Crippen LogP contribution in [-0.4, -0.2) is 60.5 Å². The van der Waals surface area contributed by atoms with E-state index in [-0.39, 0.29) is 28.7 Å². The van der Waals surface area contributed by atoms with Crippen molar-refractivity contribution in [3.63, 3.8) is 0 Å². The second-order valence-corrected chi connectivity index (χ2v) is 10.8. The minimum atomic E-state index is -1.03. The molecule has 1 aliphatic heterocycles. The monoisotopic (exact) mass is 511 g/mol. The summed E-state index contributed by atoms with van der Waals surface area (Å²) < 4.78 is 1.83. The van der Waals surface area contributed by atoms with E-state index in [1.807, 2.05) is 29.6 Å². The Labute approximate surface area is 219 Å². The molecule has 9 heteroatoms. The van der Waals surface area contributed by atoms with E-state index in [0.717, 1.165) is 36.0 Å². The Morgan fingerprint density at radius 1 is 1.11 bits per heavy atom. The third-order valence-electron chi connectivity index (χ3n) is 8.03. The summed E-state index contributed by atoms with van der Waals surface area (Å²) in [7, 11) is 0. The van der Waals surface area contributed by atoms with Gasteiger partial charge in [-0.3, -0.25) is 19.3 Å². The van der Waals surface area contributed by atoms with Crippen molar-refractivity contribution in [2.24, 2.45) is 5.41 Å². The van der Waals surface area contributed by atoms with Crippen LogP contribution in [0.4, 0.5) is 0 Å². The summed E-state index contributed by atoms with van der Waals surface area (Å²) in [6.07, 6.45) is 6.27. The number of amides is 1. The van der Waals surface area contributed by atoms with Gasteiger partial charge in [0.15, 0.2) is 5.78 Å². The summed E-state index contributed by atoms with van der Waals surface area (Å²) >= 11 is 0. The Balaban J connectivity index is 1.23. The van der Waals surface area contributed by atoms with Crippen LogP contribution in [-0.2, 0) is 6.42 Å². The van der Waals surface area contributed by atoms with Gasteiger partial charge in [0.1, 0.15) is 11.4 Å². The van der Waals surface area contributed by atoms with Gasteiger partial charge in [-0.15, -0.1) is 0 Å². The number of Topliss-reactive ketones (excluding diaryl/α,β-unsaturated/α-hetero) is 1. The van der Waals surface area contributed by atoms with Crippen molar-refractivity contribution in [2.75, 3.05) is 13.1 Å². The number of aromatic amines is 1. The number of rotatable bonds is 4. The van der Waals surface area contributed by atoms with E-state index in [9.17, 15) is 19.5 Å². The number of hydrogen-bond donors (Lipinski definition) is 2. The maximum absolute atomic E-state index is 13.5. The molecule has 0 unspecified atom stereocenters. The zero-order valence-electron chi connectivity index (χ0n) is 21.4. The van der Waals surface area contributed by atoms with Gasteiger partial charge in [-0.1, -0.05) is 18.2 Å². The number of piperidine rings is 1. The van der Waals surface area contributed by atoms with Crippen molar-refractivity contribution in [1.29, 1.82) is 0 Å². The molecule has 0 bridgehead atoms. The molecule has 194 valence electrons. The standard InChI is InChI=1S/C29H29N5O4/c1-17(2)34-26-18(16-31-34)14-29(15-24(26)35)8-11-33(12-9-29)27(36)23-13-21-22(32-23)7-10-30-25(21)19-5-3-4-6-20(19)28(37)38/h3-7,10,13,16-17,32H,8-9,11-12,14-15H2,1-2H3,(H,37,38). The van der Waals surface area contributed by atoms with Crippen molar-refractivity contribution < 1.29 is 19.5 Å². The molecule has 4 aromatic rings. The highest BCUT2D eigenvalue weighted by molar-refractivity contribution is 6.05. The number of aromatic nitrogens is 4. The fourth-order valence-corrected chi connectivity index (χ4v) is 6.08. The molecule has 1 aromatic carbocycles. The molecule has 6 rings (SSSR count). The molecule has 2 aliphatic rings. The van der Waals surface area contributed by atoms with Gasteiger partial charge < -0.3 is 15.0 Å². The van der Waals surface area contributed by atoms with Crippen molar-refractivity contribution in [1.82, 2.24) is 24.6 Å². The van der Waals surface area contributed by atoms with E-state index in [2.05, 4.69) is 15.1 Å². The zero-order chi connectivity index (χ0) is 26.6. The Hall–Kier alpha value is -4.27. The Kier molecular flexibility index (Phi) is 5.66. The number of aromatic carboxylic acids is 1. The lowest BCUT2D eigenvalue weighted by Crippen LogP contribution is -2.46. The van der Waals surface area contributed by atoms with E-state index in [0.29, 0.717) is 41.8 Å². The number of nitrogens with one attached hydrogen (secondary N) is 1. The molecule has 1 fully saturated rings. The first-order valence-corrected chi connectivity index (χ1v) is 13.0. The van der Waals surface area contributed by atoms with E-state index < -0.39 is 5.97 Å². The molecule has 1 spiro atoms. The Morgan fingerprint density at radius 3 is 2.61 bits per heavy atom. The summed E-state index contributed by atoms with van der Waals surface area (Å²) in [6, 6.07) is 10.4. The van der Waals surface area contributed by atoms with Gasteiger partial charge in [-0.25, -0.2) is 4.79 Å². The number of ketones is 1. The molecule has 0 radical (unpaired) electrons. The van der Waals surface area contributed by atoms with E-state index in [1.54, 1.807) is 42.6 Å². The lowest BCUT2D eigenvalue weighted by atomic mass is 9.67. The number of carboxylic acid groups (broad SMARTS) is 1. The number of carbonyl (C=O) groups is 3. The molecule has 4 heterocycles. The average Bonchev–Trinajstić information content (AvgIpc) is 3.53. The fourth-order valence-electron chi connectivity index (χ4n) is 6.08. The van der Waals surface area contributed by atoms with Crippen LogP contribution < -0.4 is 0 Å². The first-order chi connectivity index (χ1) is 18.3. The number of benzene rings is 1. The lowest BCUT2D eigenvalue weighted by Gasteiger charge is -2.43. The predicted molar refractivity (Wildman–Crippen MR) is 141 cm³/mol. The van der Waals surface area contributed by atoms with Gasteiger partial charge in [-0.2, -0.15) is 5.10 Å². The SMILES string of the molecule is CC(C)n1ncc2c1C(=O)CC1(CCN(C(=O)c3cc4c(-c5ccccc5C(=O)O)nccc4[nH]3)CC1)C2. The van der Waals surface area contributed by atoms with Crippen molar-refractivity contribution in [3.8, 4) is 11.3 Å². The van der Waals surface area contributed by atoms with Crippen LogP contribution in [0.2, 0.25) is 0 Å². The number of H-pyrrole nitrogens is 1. The van der Waals surface area contributed by atoms with E-state index in [1.165, 1.54) is 0 Å². The van der Waals surface area contributed by atoms with Gasteiger partial charge in [0.2, 0.25) is 0 Å². The van der Waals surface area contributed by atoms with Crippen molar-refractivity contribution in [2.45, 2.75) is 45.6 Å². The van der Waals surface area contributed by atoms with Crippen LogP contribution in [0.1, 0.15) is 76.1 Å². The number of hydrogen-bond acceptors (Lipinski definition) is 5.